The van der Waals surface area contributed by atoms with Gasteiger partial charge in [0.1, 0.15) is 5.75 Å². The zero-order chi connectivity index (χ0) is 26.1. The normalized spacial score (nSPS) is 23.2. The van der Waals surface area contributed by atoms with Gasteiger partial charge in [0.25, 0.3) is 5.91 Å². The number of nitrogens with one attached hydrogen (secondary N) is 1. The van der Waals surface area contributed by atoms with Crippen LogP contribution in [-0.2, 0) is 16.8 Å². The number of hydrogen-bond donors (Lipinski definition) is 1. The van der Waals surface area contributed by atoms with E-state index in [1.807, 2.05) is 12.1 Å². The Morgan fingerprint density at radius 1 is 1.11 bits per heavy atom. The highest BCUT2D eigenvalue weighted by atomic mass is 32.2. The molecule has 6 rings (SSSR count). The number of nitrogens with zero attached hydrogens (tertiary/aromatic N) is 2. The summed E-state index contributed by atoms with van der Waals surface area (Å²) in [4.78, 5) is 13.0. The van der Waals surface area contributed by atoms with E-state index in [0.717, 1.165) is 28.5 Å². The van der Waals surface area contributed by atoms with Crippen LogP contribution in [0.5, 0.6) is 5.75 Å². The third-order valence-electron chi connectivity index (χ3n) is 8.84. The molecule has 3 aliphatic rings. The number of carbonyl (C=O) groups is 1. The van der Waals surface area contributed by atoms with Gasteiger partial charge in [-0.3, -0.25) is 4.79 Å². The summed E-state index contributed by atoms with van der Waals surface area (Å²) in [6.07, 6.45) is 7.20. The zero-order valence-electron chi connectivity index (χ0n) is 22.0. The van der Waals surface area contributed by atoms with Crippen LogP contribution in [0.25, 0.3) is 22.2 Å². The Bertz CT molecular complexity index is 1520. The summed E-state index contributed by atoms with van der Waals surface area (Å²) >= 11 is 0. The fourth-order valence-electron chi connectivity index (χ4n) is 6.64. The van der Waals surface area contributed by atoms with E-state index in [2.05, 4.69) is 34.4 Å². The van der Waals surface area contributed by atoms with Gasteiger partial charge < -0.3 is 9.30 Å². The van der Waals surface area contributed by atoms with E-state index < -0.39 is 16.1 Å². The van der Waals surface area contributed by atoms with E-state index in [1.165, 1.54) is 74.0 Å². The smallest absolute Gasteiger partial charge is 0.303 e. The van der Waals surface area contributed by atoms with Gasteiger partial charge in [0.2, 0.25) is 0 Å². The number of hydrogen-bond acceptors (Lipinski definition) is 4. The van der Waals surface area contributed by atoms with Crippen molar-refractivity contribution in [1.29, 1.82) is 0 Å². The third-order valence-corrected chi connectivity index (χ3v) is 10.2. The second-order valence-corrected chi connectivity index (χ2v) is 13.4. The Balaban J connectivity index is 1.57. The second kappa shape index (κ2) is 8.60. The van der Waals surface area contributed by atoms with E-state index in [-0.39, 0.29) is 5.41 Å². The zero-order valence-corrected chi connectivity index (χ0v) is 22.8. The van der Waals surface area contributed by atoms with Gasteiger partial charge in [-0.25, -0.2) is 4.72 Å². The number of aromatic nitrogens is 1. The number of methoxy groups -OCH3 is 1. The first kappa shape index (κ1) is 24.5. The van der Waals surface area contributed by atoms with Crippen LogP contribution in [0.2, 0.25) is 0 Å². The van der Waals surface area contributed by atoms with Crippen LogP contribution < -0.4 is 9.46 Å². The summed E-state index contributed by atoms with van der Waals surface area (Å²) in [6.45, 7) is 3.22. The molecule has 1 N–H and O–H groups in total. The average molecular weight is 522 g/mol. The predicted octanol–water partition coefficient (Wildman–Crippen LogP) is 5.41. The molecule has 37 heavy (non-hydrogen) atoms. The van der Waals surface area contributed by atoms with E-state index >= 15 is 0 Å². The van der Waals surface area contributed by atoms with Crippen molar-refractivity contribution in [3.05, 3.63) is 53.1 Å². The van der Waals surface area contributed by atoms with Crippen molar-refractivity contribution in [1.82, 2.24) is 13.6 Å². The molecule has 1 aromatic heterocycles. The molecule has 2 aromatic carbocycles. The molecule has 2 heterocycles. The number of rotatable bonds is 5. The Hall–Kier alpha value is -2.84. The molecular formula is C29H35N3O4S. The Morgan fingerprint density at radius 2 is 1.86 bits per heavy atom. The highest BCUT2D eigenvalue weighted by Crippen LogP contribution is 2.65. The van der Waals surface area contributed by atoms with Gasteiger partial charge in [0.05, 0.1) is 12.8 Å². The van der Waals surface area contributed by atoms with Gasteiger partial charge >= 0.3 is 10.2 Å². The average Bonchev–Trinajstić information content (AvgIpc) is 3.47. The minimum absolute atomic E-state index is 0.134. The van der Waals surface area contributed by atoms with E-state index in [4.69, 9.17) is 4.74 Å². The first-order valence-corrected chi connectivity index (χ1v) is 14.7. The SMILES string of the molecule is COc1ccc2c(c1)[C@@H]1C[C@]1(C)Cn1c-2c(C2CCCCC2)c2ccc(C(=O)NS(=O)(=O)N(C)C)cc21. The fourth-order valence-corrected chi connectivity index (χ4v) is 7.18. The molecule has 2 aliphatic carbocycles. The van der Waals surface area contributed by atoms with Crippen molar-refractivity contribution in [3.63, 3.8) is 0 Å². The quantitative estimate of drug-likeness (QED) is 0.487. The Morgan fingerprint density at radius 3 is 2.57 bits per heavy atom. The Labute approximate surface area is 219 Å². The van der Waals surface area contributed by atoms with Crippen LogP contribution in [-0.4, -0.2) is 44.4 Å². The van der Waals surface area contributed by atoms with Gasteiger partial charge in [-0.2, -0.15) is 12.7 Å². The van der Waals surface area contributed by atoms with Crippen molar-refractivity contribution in [2.75, 3.05) is 21.2 Å². The summed E-state index contributed by atoms with van der Waals surface area (Å²) in [5.74, 6) is 1.22. The molecule has 1 amide bonds. The molecule has 1 aliphatic heterocycles. The van der Waals surface area contributed by atoms with E-state index in [0.29, 0.717) is 17.4 Å². The lowest BCUT2D eigenvalue weighted by Gasteiger charge is -2.24. The molecule has 196 valence electrons. The molecule has 0 saturated heterocycles. The summed E-state index contributed by atoms with van der Waals surface area (Å²) in [5.41, 5.74) is 6.78. The highest BCUT2D eigenvalue weighted by molar-refractivity contribution is 7.87. The highest BCUT2D eigenvalue weighted by Gasteiger charge is 2.54. The van der Waals surface area contributed by atoms with Gasteiger partial charge in [-0.15, -0.1) is 0 Å². The Kier molecular flexibility index (Phi) is 5.69. The number of carbonyl (C=O) groups excluding carboxylic acids is 1. The van der Waals surface area contributed by atoms with Crippen LogP contribution in [0.1, 0.15) is 78.8 Å². The number of fused-ring (bicyclic) bond motifs is 7. The van der Waals surface area contributed by atoms with Crippen molar-refractivity contribution >= 4 is 27.0 Å². The molecule has 0 radical (unpaired) electrons. The molecule has 0 unspecified atom stereocenters. The van der Waals surface area contributed by atoms with Crippen molar-refractivity contribution in [2.45, 2.75) is 63.8 Å². The molecule has 3 aromatic rings. The summed E-state index contributed by atoms with van der Waals surface area (Å²) in [6, 6.07) is 12.2. The predicted molar refractivity (Wildman–Crippen MR) is 145 cm³/mol. The second-order valence-electron chi connectivity index (χ2n) is 11.5. The van der Waals surface area contributed by atoms with Crippen LogP contribution >= 0.6 is 0 Å². The topological polar surface area (TPSA) is 80.6 Å². The third kappa shape index (κ3) is 3.96. The lowest BCUT2D eigenvalue weighted by atomic mass is 9.81. The summed E-state index contributed by atoms with van der Waals surface area (Å²) in [5, 5.41) is 1.18. The molecule has 2 saturated carbocycles. The maximum absolute atomic E-state index is 13.0. The molecular weight excluding hydrogens is 486 g/mol. The van der Waals surface area contributed by atoms with E-state index in [9.17, 15) is 13.2 Å². The number of ether oxygens (including phenoxy) is 1. The first-order valence-electron chi connectivity index (χ1n) is 13.2. The summed E-state index contributed by atoms with van der Waals surface area (Å²) < 4.78 is 35.9. The van der Waals surface area contributed by atoms with Crippen LogP contribution in [0.3, 0.4) is 0 Å². The fraction of sp³-hybridized carbons (Fsp3) is 0.483. The van der Waals surface area contributed by atoms with Crippen LogP contribution in [0, 0.1) is 5.41 Å². The van der Waals surface area contributed by atoms with Crippen molar-refractivity contribution in [3.8, 4) is 17.0 Å². The summed E-state index contributed by atoms with van der Waals surface area (Å²) in [7, 11) is 0.651. The van der Waals surface area contributed by atoms with Gasteiger partial charge in [-0.05, 0) is 78.0 Å². The molecule has 7 nitrogen and oxygen atoms in total. The lowest BCUT2D eigenvalue weighted by molar-refractivity contribution is 0.0980. The van der Waals surface area contributed by atoms with Gasteiger partial charge in [0, 0.05) is 42.7 Å². The maximum Gasteiger partial charge on any atom is 0.303 e. The lowest BCUT2D eigenvalue weighted by Crippen LogP contribution is -2.39. The molecule has 0 bridgehead atoms. The van der Waals surface area contributed by atoms with Gasteiger partial charge in [-0.1, -0.05) is 32.3 Å². The van der Waals surface area contributed by atoms with Crippen LogP contribution in [0.4, 0.5) is 0 Å². The van der Waals surface area contributed by atoms with Gasteiger partial charge in [0.15, 0.2) is 0 Å². The number of amides is 1. The first-order chi connectivity index (χ1) is 17.6. The number of benzene rings is 2. The minimum Gasteiger partial charge on any atom is -0.497 e. The van der Waals surface area contributed by atoms with Crippen molar-refractivity contribution < 1.29 is 17.9 Å². The van der Waals surface area contributed by atoms with Crippen molar-refractivity contribution in [2.24, 2.45) is 5.41 Å². The molecule has 2 atom stereocenters. The molecule has 8 heteroatoms. The molecule has 2 fully saturated rings. The van der Waals surface area contributed by atoms with E-state index in [1.54, 1.807) is 13.2 Å². The largest absolute Gasteiger partial charge is 0.497 e. The standard InChI is InChI=1S/C29H35N3O4S/c1-29-16-24(29)23-15-20(36-4)11-13-21(23)27-26(18-8-6-5-7-9-18)22-12-10-19(14-25(22)32(27)17-29)28(33)30-37(34,35)31(2)3/h10-15,18,24H,5-9,16-17H2,1-4H3,(H,30,33)/t24-,29+/m0/s1. The van der Waals surface area contributed by atoms with Crippen LogP contribution in [0.15, 0.2) is 36.4 Å². The maximum atomic E-state index is 13.0. The molecule has 0 spiro atoms. The monoisotopic (exact) mass is 521 g/mol. The minimum atomic E-state index is -3.88.